The number of nitrogens with one attached hydrogen (secondary N) is 1. The Morgan fingerprint density at radius 3 is 2.88 bits per heavy atom. The monoisotopic (exact) mass is 229 g/mol. The van der Waals surface area contributed by atoms with Gasteiger partial charge in [-0.3, -0.25) is 5.10 Å². The van der Waals surface area contributed by atoms with Gasteiger partial charge >= 0.3 is 0 Å². The molecule has 0 aliphatic heterocycles. The Labute approximate surface area is 100 Å². The number of benzene rings is 1. The molecule has 4 nitrogen and oxygen atoms in total. The summed E-state index contributed by atoms with van der Waals surface area (Å²) in [5.74, 6) is 3.24. The second-order valence-corrected chi connectivity index (χ2v) is 4.50. The molecule has 2 aromatic rings. The molecule has 17 heavy (non-hydrogen) atoms. The van der Waals surface area contributed by atoms with Crippen molar-refractivity contribution in [2.45, 2.75) is 25.7 Å². The van der Waals surface area contributed by atoms with Crippen LogP contribution in [0.2, 0.25) is 0 Å². The molecule has 0 radical (unpaired) electrons. The fourth-order valence-corrected chi connectivity index (χ4v) is 1.90. The topological polar surface area (TPSA) is 50.8 Å². The molecule has 4 heteroatoms. The third-order valence-electron chi connectivity index (χ3n) is 3.13. The van der Waals surface area contributed by atoms with Gasteiger partial charge < -0.3 is 4.74 Å². The minimum absolute atomic E-state index is 0.601. The van der Waals surface area contributed by atoms with E-state index in [0.29, 0.717) is 5.92 Å². The summed E-state index contributed by atoms with van der Waals surface area (Å²) in [5, 5.41) is 7.28. The van der Waals surface area contributed by atoms with Crippen LogP contribution in [0, 0.1) is 6.92 Å². The molecule has 1 aromatic carbocycles. The Morgan fingerprint density at radius 2 is 2.18 bits per heavy atom. The molecule has 1 fully saturated rings. The Hall–Kier alpha value is -1.84. The van der Waals surface area contributed by atoms with Crippen LogP contribution in [0.15, 0.2) is 18.2 Å². The number of aromatic amines is 1. The zero-order valence-corrected chi connectivity index (χ0v) is 10.0. The van der Waals surface area contributed by atoms with E-state index in [9.17, 15) is 0 Å². The summed E-state index contributed by atoms with van der Waals surface area (Å²) < 4.78 is 5.31. The van der Waals surface area contributed by atoms with Crippen LogP contribution in [0.1, 0.15) is 30.1 Å². The van der Waals surface area contributed by atoms with Crippen molar-refractivity contribution in [3.8, 4) is 17.1 Å². The zero-order chi connectivity index (χ0) is 11.8. The number of nitrogens with zero attached hydrogens (tertiary/aromatic N) is 2. The highest BCUT2D eigenvalue weighted by atomic mass is 16.5. The van der Waals surface area contributed by atoms with Crippen molar-refractivity contribution in [3.63, 3.8) is 0 Å². The fraction of sp³-hybridized carbons (Fsp3) is 0.385. The normalized spacial score (nSPS) is 14.9. The van der Waals surface area contributed by atoms with Crippen molar-refractivity contribution in [1.29, 1.82) is 0 Å². The van der Waals surface area contributed by atoms with Gasteiger partial charge in [-0.2, -0.15) is 5.10 Å². The molecule has 0 bridgehead atoms. The molecule has 0 saturated heterocycles. The maximum absolute atomic E-state index is 5.31. The third-order valence-corrected chi connectivity index (χ3v) is 3.13. The molecular formula is C13H15N3O. The van der Waals surface area contributed by atoms with Gasteiger partial charge in [-0.1, -0.05) is 12.1 Å². The van der Waals surface area contributed by atoms with E-state index in [2.05, 4.69) is 15.2 Å². The van der Waals surface area contributed by atoms with Crippen molar-refractivity contribution in [2.24, 2.45) is 0 Å². The van der Waals surface area contributed by atoms with E-state index >= 15 is 0 Å². The molecule has 0 spiro atoms. The first-order valence-electron chi connectivity index (χ1n) is 5.85. The number of ether oxygens (including phenoxy) is 1. The largest absolute Gasteiger partial charge is 0.496 e. The minimum Gasteiger partial charge on any atom is -0.496 e. The minimum atomic E-state index is 0.601. The van der Waals surface area contributed by atoms with Gasteiger partial charge in [-0.25, -0.2) is 4.98 Å². The Balaban J connectivity index is 1.96. The van der Waals surface area contributed by atoms with Gasteiger partial charge in [-0.15, -0.1) is 0 Å². The first-order chi connectivity index (χ1) is 8.28. The SMILES string of the molecule is COc1cc(-c2n[nH]c(C3CC3)n2)ccc1C. The Bertz CT molecular complexity index is 543. The van der Waals surface area contributed by atoms with Crippen LogP contribution >= 0.6 is 0 Å². The summed E-state index contributed by atoms with van der Waals surface area (Å²) >= 11 is 0. The number of hydrogen-bond acceptors (Lipinski definition) is 3. The third kappa shape index (κ3) is 1.90. The van der Waals surface area contributed by atoms with Crippen molar-refractivity contribution in [2.75, 3.05) is 7.11 Å². The number of H-pyrrole nitrogens is 1. The Morgan fingerprint density at radius 1 is 1.35 bits per heavy atom. The molecule has 0 unspecified atom stereocenters. The maximum Gasteiger partial charge on any atom is 0.181 e. The number of methoxy groups -OCH3 is 1. The average Bonchev–Trinajstić information content (AvgIpc) is 3.08. The van der Waals surface area contributed by atoms with Crippen LogP contribution in [0.3, 0.4) is 0 Å². The predicted molar refractivity (Wildman–Crippen MR) is 65.1 cm³/mol. The highest BCUT2D eigenvalue weighted by Crippen LogP contribution is 2.38. The molecule has 1 aliphatic carbocycles. The van der Waals surface area contributed by atoms with E-state index in [1.807, 2.05) is 25.1 Å². The van der Waals surface area contributed by atoms with Gasteiger partial charge in [0.05, 0.1) is 7.11 Å². The van der Waals surface area contributed by atoms with Gasteiger partial charge in [0, 0.05) is 11.5 Å². The number of aromatic nitrogens is 3. The van der Waals surface area contributed by atoms with E-state index in [1.165, 1.54) is 12.8 Å². The van der Waals surface area contributed by atoms with Gasteiger partial charge in [-0.05, 0) is 31.4 Å². The predicted octanol–water partition coefficient (Wildman–Crippen LogP) is 2.67. The maximum atomic E-state index is 5.31. The van der Waals surface area contributed by atoms with Crippen LogP contribution < -0.4 is 4.74 Å². The highest BCUT2D eigenvalue weighted by Gasteiger charge is 2.27. The first-order valence-corrected chi connectivity index (χ1v) is 5.85. The standard InChI is InChI=1S/C13H15N3O/c1-8-3-4-10(7-11(8)17-2)13-14-12(15-16-13)9-5-6-9/h3-4,7,9H,5-6H2,1-2H3,(H,14,15,16). The second-order valence-electron chi connectivity index (χ2n) is 4.50. The molecule has 1 saturated carbocycles. The van der Waals surface area contributed by atoms with Crippen LogP contribution in [0.25, 0.3) is 11.4 Å². The zero-order valence-electron chi connectivity index (χ0n) is 10.0. The van der Waals surface area contributed by atoms with Crippen molar-refractivity contribution in [1.82, 2.24) is 15.2 Å². The van der Waals surface area contributed by atoms with Gasteiger partial charge in [0.15, 0.2) is 5.82 Å². The van der Waals surface area contributed by atoms with Gasteiger partial charge in [0.25, 0.3) is 0 Å². The Kier molecular flexibility index (Phi) is 2.35. The molecule has 3 rings (SSSR count). The van der Waals surface area contributed by atoms with Crippen molar-refractivity contribution >= 4 is 0 Å². The number of hydrogen-bond donors (Lipinski definition) is 1. The van der Waals surface area contributed by atoms with E-state index in [4.69, 9.17) is 4.74 Å². The molecule has 1 aliphatic rings. The summed E-state index contributed by atoms with van der Waals surface area (Å²) in [6.45, 7) is 2.02. The summed E-state index contributed by atoms with van der Waals surface area (Å²) in [6, 6.07) is 6.04. The van der Waals surface area contributed by atoms with Crippen LogP contribution in [0.5, 0.6) is 5.75 Å². The lowest BCUT2D eigenvalue weighted by molar-refractivity contribution is 0.412. The molecular weight excluding hydrogens is 214 g/mol. The lowest BCUT2D eigenvalue weighted by Gasteiger charge is -2.05. The lowest BCUT2D eigenvalue weighted by Crippen LogP contribution is -1.89. The molecule has 1 N–H and O–H groups in total. The van der Waals surface area contributed by atoms with E-state index < -0.39 is 0 Å². The summed E-state index contributed by atoms with van der Waals surface area (Å²) in [7, 11) is 1.68. The van der Waals surface area contributed by atoms with Gasteiger partial charge in [0.2, 0.25) is 0 Å². The number of aryl methyl sites for hydroxylation is 1. The van der Waals surface area contributed by atoms with Crippen LogP contribution in [-0.4, -0.2) is 22.3 Å². The van der Waals surface area contributed by atoms with E-state index in [0.717, 1.165) is 28.5 Å². The van der Waals surface area contributed by atoms with Crippen molar-refractivity contribution < 1.29 is 4.74 Å². The average molecular weight is 229 g/mol. The molecule has 1 heterocycles. The summed E-state index contributed by atoms with van der Waals surface area (Å²) in [6.07, 6.45) is 2.46. The van der Waals surface area contributed by atoms with Crippen LogP contribution in [-0.2, 0) is 0 Å². The van der Waals surface area contributed by atoms with E-state index in [-0.39, 0.29) is 0 Å². The molecule has 88 valence electrons. The fourth-order valence-electron chi connectivity index (χ4n) is 1.90. The molecule has 0 amide bonds. The highest BCUT2D eigenvalue weighted by molar-refractivity contribution is 5.59. The number of rotatable bonds is 3. The summed E-state index contributed by atoms with van der Waals surface area (Å²) in [5.41, 5.74) is 2.12. The lowest BCUT2D eigenvalue weighted by atomic mass is 10.1. The second kappa shape index (κ2) is 3.87. The molecule has 1 aromatic heterocycles. The quantitative estimate of drug-likeness (QED) is 0.880. The first kappa shape index (κ1) is 10.3. The van der Waals surface area contributed by atoms with E-state index in [1.54, 1.807) is 7.11 Å². The van der Waals surface area contributed by atoms with Gasteiger partial charge in [0.1, 0.15) is 11.6 Å². The summed E-state index contributed by atoms with van der Waals surface area (Å²) in [4.78, 5) is 4.53. The smallest absolute Gasteiger partial charge is 0.181 e. The van der Waals surface area contributed by atoms with Crippen LogP contribution in [0.4, 0.5) is 0 Å². The molecule has 0 atom stereocenters. The van der Waals surface area contributed by atoms with Crippen molar-refractivity contribution in [3.05, 3.63) is 29.6 Å².